The first-order valence-electron chi connectivity index (χ1n) is 11.4. The highest BCUT2D eigenvalue weighted by atomic mass is 16.4. The number of unbranched alkanes of at least 4 members (excludes halogenated alkanes) is 1. The van der Waals surface area contributed by atoms with Crippen LogP contribution in [0.2, 0.25) is 0 Å². The largest absolute Gasteiger partial charge is 0.481 e. The molecule has 3 atom stereocenters. The van der Waals surface area contributed by atoms with E-state index < -0.39 is 60.8 Å². The van der Waals surface area contributed by atoms with E-state index in [0.29, 0.717) is 19.4 Å². The first kappa shape index (κ1) is 28.3. The van der Waals surface area contributed by atoms with Gasteiger partial charge in [-0.15, -0.1) is 0 Å². The highest BCUT2D eigenvalue weighted by Gasteiger charge is 2.26. The number of aliphatic carboxylic acids is 2. The van der Waals surface area contributed by atoms with Crippen molar-refractivity contribution in [2.75, 3.05) is 13.1 Å². The average Bonchev–Trinajstić information content (AvgIpc) is 3.23. The van der Waals surface area contributed by atoms with E-state index in [9.17, 15) is 24.0 Å². The number of carbonyl (C=O) groups excluding carboxylic acids is 3. The van der Waals surface area contributed by atoms with E-state index in [1.165, 1.54) is 0 Å². The third-order valence-electron chi connectivity index (χ3n) is 5.47. The standard InChI is InChI=1S/C23H32N6O7/c24-8-4-3-7-17(22(34)27-12-19(30)28-18(23(35)36)10-20(31)32)29-21(33)15(25)9-13-11-26-16-6-2-1-5-14(13)16/h1-2,5-6,11,15,17-18,26H,3-4,7-10,12,24-25H2,(H,27,34)(H,28,30)(H,29,33)(H,31,32)(H,35,36). The van der Waals surface area contributed by atoms with Crippen molar-refractivity contribution in [1.82, 2.24) is 20.9 Å². The Labute approximate surface area is 207 Å². The molecule has 1 heterocycles. The van der Waals surface area contributed by atoms with Gasteiger partial charge in [-0.25, -0.2) is 4.79 Å². The van der Waals surface area contributed by atoms with Crippen molar-refractivity contribution in [2.45, 2.75) is 50.2 Å². The second kappa shape index (κ2) is 13.8. The molecule has 13 nitrogen and oxygen atoms in total. The van der Waals surface area contributed by atoms with Gasteiger partial charge in [-0.3, -0.25) is 19.2 Å². The number of H-pyrrole nitrogens is 1. The predicted molar refractivity (Wildman–Crippen MR) is 130 cm³/mol. The zero-order chi connectivity index (χ0) is 26.7. The number of carbonyl (C=O) groups is 5. The number of aromatic nitrogens is 1. The van der Waals surface area contributed by atoms with Crippen LogP contribution in [0.1, 0.15) is 31.2 Å². The number of fused-ring (bicyclic) bond motifs is 1. The molecule has 0 bridgehead atoms. The Morgan fingerprint density at radius 3 is 2.36 bits per heavy atom. The normalized spacial score (nSPS) is 13.4. The molecule has 3 amide bonds. The molecule has 0 radical (unpaired) electrons. The van der Waals surface area contributed by atoms with Crippen LogP contribution in [0.3, 0.4) is 0 Å². The Hall–Kier alpha value is -3.97. The Morgan fingerprint density at radius 1 is 0.972 bits per heavy atom. The molecule has 3 unspecified atom stereocenters. The van der Waals surface area contributed by atoms with E-state index in [1.54, 1.807) is 6.20 Å². The van der Waals surface area contributed by atoms with Gasteiger partial charge in [0.05, 0.1) is 19.0 Å². The van der Waals surface area contributed by atoms with Crippen molar-refractivity contribution in [3.63, 3.8) is 0 Å². The third-order valence-corrected chi connectivity index (χ3v) is 5.47. The number of nitrogens with one attached hydrogen (secondary N) is 4. The van der Waals surface area contributed by atoms with Crippen molar-refractivity contribution in [2.24, 2.45) is 11.5 Å². The van der Waals surface area contributed by atoms with Gasteiger partial charge in [-0.1, -0.05) is 18.2 Å². The number of hydrogen-bond donors (Lipinski definition) is 8. The molecule has 196 valence electrons. The summed E-state index contributed by atoms with van der Waals surface area (Å²) in [5, 5.41) is 25.7. The highest BCUT2D eigenvalue weighted by Crippen LogP contribution is 2.18. The lowest BCUT2D eigenvalue weighted by molar-refractivity contribution is -0.147. The van der Waals surface area contributed by atoms with E-state index in [-0.39, 0.29) is 12.8 Å². The van der Waals surface area contributed by atoms with Gasteiger partial charge >= 0.3 is 11.9 Å². The third kappa shape index (κ3) is 8.67. The van der Waals surface area contributed by atoms with Crippen molar-refractivity contribution in [1.29, 1.82) is 0 Å². The molecule has 10 N–H and O–H groups in total. The van der Waals surface area contributed by atoms with Crippen LogP contribution in [-0.2, 0) is 30.4 Å². The van der Waals surface area contributed by atoms with Gasteiger partial charge in [0.25, 0.3) is 0 Å². The molecule has 0 saturated heterocycles. The second-order valence-electron chi connectivity index (χ2n) is 8.29. The molecule has 0 aliphatic carbocycles. The molecule has 1 aromatic carbocycles. The predicted octanol–water partition coefficient (Wildman–Crippen LogP) is -1.19. The molecule has 0 aliphatic heterocycles. The maximum atomic E-state index is 12.8. The van der Waals surface area contributed by atoms with Crippen LogP contribution in [-0.4, -0.2) is 76.1 Å². The van der Waals surface area contributed by atoms with Gasteiger partial charge in [-0.05, 0) is 43.9 Å². The van der Waals surface area contributed by atoms with Gasteiger partial charge in [0.1, 0.15) is 12.1 Å². The lowest BCUT2D eigenvalue weighted by Crippen LogP contribution is -2.54. The Bertz CT molecular complexity index is 1090. The number of para-hydroxylation sites is 1. The highest BCUT2D eigenvalue weighted by molar-refractivity contribution is 5.93. The number of carboxylic acids is 2. The molecule has 1 aromatic heterocycles. The zero-order valence-corrected chi connectivity index (χ0v) is 19.7. The lowest BCUT2D eigenvalue weighted by Gasteiger charge is -2.21. The minimum absolute atomic E-state index is 0.232. The van der Waals surface area contributed by atoms with Crippen molar-refractivity contribution in [3.05, 3.63) is 36.0 Å². The van der Waals surface area contributed by atoms with Crippen molar-refractivity contribution >= 4 is 40.6 Å². The van der Waals surface area contributed by atoms with Gasteiger partial charge in [0.15, 0.2) is 0 Å². The monoisotopic (exact) mass is 504 g/mol. The van der Waals surface area contributed by atoms with Gasteiger partial charge < -0.3 is 42.6 Å². The summed E-state index contributed by atoms with van der Waals surface area (Å²) in [7, 11) is 0. The van der Waals surface area contributed by atoms with E-state index in [0.717, 1.165) is 16.5 Å². The molecule has 2 rings (SSSR count). The molecular weight excluding hydrogens is 472 g/mol. The maximum Gasteiger partial charge on any atom is 0.326 e. The molecule has 2 aromatic rings. The van der Waals surface area contributed by atoms with E-state index in [1.807, 2.05) is 29.6 Å². The van der Waals surface area contributed by atoms with Gasteiger partial charge in [0, 0.05) is 17.1 Å². The summed E-state index contributed by atoms with van der Waals surface area (Å²) in [6.07, 6.45) is 2.57. The van der Waals surface area contributed by atoms with Gasteiger partial charge in [-0.2, -0.15) is 0 Å². The van der Waals surface area contributed by atoms with Crippen LogP contribution in [0, 0.1) is 0 Å². The molecule has 0 saturated carbocycles. The number of amides is 3. The Morgan fingerprint density at radius 2 is 1.69 bits per heavy atom. The van der Waals surface area contributed by atoms with Crippen LogP contribution in [0.25, 0.3) is 10.9 Å². The number of rotatable bonds is 15. The molecule has 0 spiro atoms. The SMILES string of the molecule is NCCCCC(NC(=O)C(N)Cc1c[nH]c2ccccc12)C(=O)NCC(=O)NC(CC(=O)O)C(=O)O. The minimum atomic E-state index is -1.64. The molecular formula is C23H32N6O7. The number of hydrogen-bond acceptors (Lipinski definition) is 7. The lowest BCUT2D eigenvalue weighted by atomic mass is 10.0. The van der Waals surface area contributed by atoms with E-state index >= 15 is 0 Å². The quantitative estimate of drug-likeness (QED) is 0.136. The van der Waals surface area contributed by atoms with Crippen LogP contribution >= 0.6 is 0 Å². The van der Waals surface area contributed by atoms with Crippen LogP contribution in [0.5, 0.6) is 0 Å². The first-order valence-corrected chi connectivity index (χ1v) is 11.4. The topological polar surface area (TPSA) is 230 Å². The van der Waals surface area contributed by atoms with E-state index in [4.69, 9.17) is 21.7 Å². The van der Waals surface area contributed by atoms with Crippen LogP contribution in [0.4, 0.5) is 0 Å². The molecule has 0 aliphatic rings. The number of carboxylic acid groups (broad SMARTS) is 2. The maximum absolute atomic E-state index is 12.8. The first-order chi connectivity index (χ1) is 17.1. The fourth-order valence-corrected chi connectivity index (χ4v) is 3.58. The summed E-state index contributed by atoms with van der Waals surface area (Å²) < 4.78 is 0. The number of aromatic amines is 1. The van der Waals surface area contributed by atoms with Crippen molar-refractivity contribution < 1.29 is 34.2 Å². The van der Waals surface area contributed by atoms with Crippen LogP contribution < -0.4 is 27.4 Å². The summed E-state index contributed by atoms with van der Waals surface area (Å²) in [5.74, 6) is -5.03. The summed E-state index contributed by atoms with van der Waals surface area (Å²) in [6.45, 7) is -0.211. The summed E-state index contributed by atoms with van der Waals surface area (Å²) >= 11 is 0. The zero-order valence-electron chi connectivity index (χ0n) is 19.7. The fraction of sp³-hybridized carbons (Fsp3) is 0.435. The van der Waals surface area contributed by atoms with Crippen LogP contribution in [0.15, 0.2) is 30.5 Å². The van der Waals surface area contributed by atoms with Crippen molar-refractivity contribution in [3.8, 4) is 0 Å². The summed E-state index contributed by atoms with van der Waals surface area (Å²) in [4.78, 5) is 62.5. The summed E-state index contributed by atoms with van der Waals surface area (Å²) in [6, 6.07) is 3.98. The molecule has 36 heavy (non-hydrogen) atoms. The van der Waals surface area contributed by atoms with E-state index in [2.05, 4.69) is 15.6 Å². The summed E-state index contributed by atoms with van der Waals surface area (Å²) in [5.41, 5.74) is 13.4. The van der Waals surface area contributed by atoms with Gasteiger partial charge in [0.2, 0.25) is 17.7 Å². The second-order valence-corrected chi connectivity index (χ2v) is 8.29. The smallest absolute Gasteiger partial charge is 0.326 e. The Balaban J connectivity index is 1.96. The average molecular weight is 505 g/mol. The number of nitrogens with two attached hydrogens (primary N) is 2. The molecule has 13 heteroatoms. The molecule has 0 fully saturated rings. The minimum Gasteiger partial charge on any atom is -0.481 e. The number of benzene rings is 1. The fourth-order valence-electron chi connectivity index (χ4n) is 3.58. The Kier molecular flexibility index (Phi) is 10.8.